The number of thiazole rings is 1. The molecule has 0 spiro atoms. The van der Waals surface area contributed by atoms with Gasteiger partial charge in [-0.15, -0.1) is 22.9 Å². The summed E-state index contributed by atoms with van der Waals surface area (Å²) in [5.41, 5.74) is 3.02. The lowest BCUT2D eigenvalue weighted by atomic mass is 10.1. The number of hydrogen-bond acceptors (Lipinski definition) is 4. The minimum atomic E-state index is -3.36. The first-order chi connectivity index (χ1) is 10.0. The molecule has 0 saturated heterocycles. The van der Waals surface area contributed by atoms with Gasteiger partial charge in [-0.1, -0.05) is 31.2 Å². The van der Waals surface area contributed by atoms with Gasteiger partial charge in [0, 0.05) is 16.8 Å². The zero-order valence-corrected chi connectivity index (χ0v) is 14.1. The van der Waals surface area contributed by atoms with E-state index in [1.165, 1.54) is 16.9 Å². The summed E-state index contributed by atoms with van der Waals surface area (Å²) in [6.45, 7) is 2.10. The zero-order valence-electron chi connectivity index (χ0n) is 11.7. The highest BCUT2D eigenvalue weighted by Gasteiger charge is 2.13. The molecule has 114 valence electrons. The lowest BCUT2D eigenvalue weighted by molar-refractivity contribution is 0.600. The lowest BCUT2D eigenvalue weighted by Crippen LogP contribution is -2.16. The van der Waals surface area contributed by atoms with Crippen LogP contribution in [0.2, 0.25) is 0 Å². The van der Waals surface area contributed by atoms with Crippen LogP contribution in [0.25, 0.3) is 11.3 Å². The normalized spacial score (nSPS) is 11.5. The quantitative estimate of drug-likeness (QED) is 0.778. The molecule has 0 unspecified atom stereocenters. The minimum Gasteiger partial charge on any atom is -0.259 e. The second kappa shape index (κ2) is 7.24. The predicted molar refractivity (Wildman–Crippen MR) is 89.7 cm³/mol. The number of aryl methyl sites for hydroxylation is 1. The van der Waals surface area contributed by atoms with Crippen LogP contribution in [0.5, 0.6) is 0 Å². The average Bonchev–Trinajstić information content (AvgIpc) is 2.93. The fraction of sp³-hybridized carbons (Fsp3) is 0.357. The summed E-state index contributed by atoms with van der Waals surface area (Å²) in [7, 11) is -3.36. The largest absolute Gasteiger partial charge is 0.259 e. The Bertz CT molecular complexity index is 681. The summed E-state index contributed by atoms with van der Waals surface area (Å²) in [6, 6.07) is 8.11. The second-order valence-electron chi connectivity index (χ2n) is 4.55. The third-order valence-electron chi connectivity index (χ3n) is 2.95. The second-order valence-corrected chi connectivity index (χ2v) is 7.63. The standard InChI is InChI=1S/C14H17ClN2O2S2/c1-2-11-4-6-12(7-5-11)13-10-20-14(16-13)17-21(18,19)9-3-8-15/h4-7,10H,2-3,8-9H2,1H3,(H,16,17). The summed E-state index contributed by atoms with van der Waals surface area (Å²) < 4.78 is 26.1. The Morgan fingerprint density at radius 3 is 2.62 bits per heavy atom. The number of aromatic nitrogens is 1. The van der Waals surface area contributed by atoms with E-state index < -0.39 is 10.0 Å². The Balaban J connectivity index is 2.10. The molecule has 0 aliphatic rings. The monoisotopic (exact) mass is 344 g/mol. The van der Waals surface area contributed by atoms with E-state index in [-0.39, 0.29) is 5.75 Å². The number of alkyl halides is 1. The number of halogens is 1. The van der Waals surface area contributed by atoms with Crippen molar-refractivity contribution in [1.82, 2.24) is 4.98 Å². The highest BCUT2D eigenvalue weighted by Crippen LogP contribution is 2.26. The molecule has 1 heterocycles. The first-order valence-electron chi connectivity index (χ1n) is 6.65. The van der Waals surface area contributed by atoms with Gasteiger partial charge in [-0.25, -0.2) is 13.4 Å². The highest BCUT2D eigenvalue weighted by molar-refractivity contribution is 7.92. The van der Waals surface area contributed by atoms with Gasteiger partial charge in [0.15, 0.2) is 5.13 Å². The molecule has 1 aromatic heterocycles. The van der Waals surface area contributed by atoms with Crippen molar-refractivity contribution >= 4 is 38.1 Å². The molecule has 0 saturated carbocycles. The van der Waals surface area contributed by atoms with Crippen LogP contribution in [-0.4, -0.2) is 25.0 Å². The summed E-state index contributed by atoms with van der Waals surface area (Å²) in [4.78, 5) is 4.32. The number of rotatable bonds is 7. The Kier molecular flexibility index (Phi) is 5.61. The molecule has 0 atom stereocenters. The molecule has 2 aromatic rings. The molecule has 0 amide bonds. The molecule has 0 fully saturated rings. The van der Waals surface area contributed by atoms with Crippen molar-refractivity contribution in [2.24, 2.45) is 0 Å². The number of hydrogen-bond donors (Lipinski definition) is 1. The molecule has 1 N–H and O–H groups in total. The van der Waals surface area contributed by atoms with E-state index in [0.717, 1.165) is 17.7 Å². The van der Waals surface area contributed by atoms with Crippen molar-refractivity contribution < 1.29 is 8.42 Å². The van der Waals surface area contributed by atoms with Crippen LogP contribution >= 0.6 is 22.9 Å². The van der Waals surface area contributed by atoms with E-state index in [9.17, 15) is 8.42 Å². The highest BCUT2D eigenvalue weighted by atomic mass is 35.5. The third kappa shape index (κ3) is 4.69. The fourth-order valence-electron chi connectivity index (χ4n) is 1.79. The molecule has 0 aliphatic carbocycles. The van der Waals surface area contributed by atoms with E-state index >= 15 is 0 Å². The van der Waals surface area contributed by atoms with E-state index in [2.05, 4.69) is 28.8 Å². The van der Waals surface area contributed by atoms with E-state index in [1.807, 2.05) is 17.5 Å². The van der Waals surface area contributed by atoms with Gasteiger partial charge >= 0.3 is 0 Å². The molecule has 1 aromatic carbocycles. The maximum absolute atomic E-state index is 11.8. The lowest BCUT2D eigenvalue weighted by Gasteiger charge is -2.03. The van der Waals surface area contributed by atoms with Gasteiger partial charge in [0.05, 0.1) is 11.4 Å². The summed E-state index contributed by atoms with van der Waals surface area (Å²) >= 11 is 6.79. The van der Waals surface area contributed by atoms with Gasteiger partial charge < -0.3 is 0 Å². The number of anilines is 1. The Morgan fingerprint density at radius 2 is 2.00 bits per heavy atom. The third-order valence-corrected chi connectivity index (χ3v) is 5.44. The molecule has 21 heavy (non-hydrogen) atoms. The van der Waals surface area contributed by atoms with Gasteiger partial charge in [0.25, 0.3) is 0 Å². The van der Waals surface area contributed by atoms with Gasteiger partial charge in [0.2, 0.25) is 10.0 Å². The van der Waals surface area contributed by atoms with Crippen LogP contribution in [0, 0.1) is 0 Å². The Labute approximate surface area is 134 Å². The van der Waals surface area contributed by atoms with E-state index in [4.69, 9.17) is 11.6 Å². The first kappa shape index (κ1) is 16.3. The smallest absolute Gasteiger partial charge is 0.234 e. The molecule has 0 bridgehead atoms. The molecule has 2 rings (SSSR count). The van der Waals surface area contributed by atoms with Crippen molar-refractivity contribution in [3.63, 3.8) is 0 Å². The maximum Gasteiger partial charge on any atom is 0.234 e. The number of sulfonamides is 1. The molecular formula is C14H17ClN2O2S2. The molecule has 0 radical (unpaired) electrons. The topological polar surface area (TPSA) is 59.1 Å². The Morgan fingerprint density at radius 1 is 1.29 bits per heavy atom. The van der Waals surface area contributed by atoms with Crippen LogP contribution in [0.15, 0.2) is 29.6 Å². The van der Waals surface area contributed by atoms with Gasteiger partial charge in [0.1, 0.15) is 0 Å². The Hall–Kier alpha value is -1.11. The van der Waals surface area contributed by atoms with Gasteiger partial charge in [-0.05, 0) is 18.4 Å². The van der Waals surface area contributed by atoms with Crippen LogP contribution in [0.4, 0.5) is 5.13 Å². The maximum atomic E-state index is 11.8. The van der Waals surface area contributed by atoms with Crippen molar-refractivity contribution in [3.05, 3.63) is 35.2 Å². The molecule has 4 nitrogen and oxygen atoms in total. The van der Waals surface area contributed by atoms with Crippen LogP contribution in [0.3, 0.4) is 0 Å². The van der Waals surface area contributed by atoms with E-state index in [1.54, 1.807) is 0 Å². The summed E-state index contributed by atoms with van der Waals surface area (Å²) in [5.74, 6) is 0.338. The predicted octanol–water partition coefficient (Wildman–Crippen LogP) is 3.74. The number of nitrogens with one attached hydrogen (secondary N) is 1. The average molecular weight is 345 g/mol. The molecule has 7 heteroatoms. The number of nitrogens with zero attached hydrogens (tertiary/aromatic N) is 1. The van der Waals surface area contributed by atoms with Crippen LogP contribution in [-0.2, 0) is 16.4 Å². The number of benzene rings is 1. The van der Waals surface area contributed by atoms with Gasteiger partial charge in [-0.3, -0.25) is 4.72 Å². The van der Waals surface area contributed by atoms with Crippen molar-refractivity contribution in [1.29, 1.82) is 0 Å². The fourth-order valence-corrected chi connectivity index (χ4v) is 4.16. The van der Waals surface area contributed by atoms with Crippen LogP contribution < -0.4 is 4.72 Å². The van der Waals surface area contributed by atoms with Crippen molar-refractivity contribution in [2.75, 3.05) is 16.4 Å². The van der Waals surface area contributed by atoms with Crippen molar-refractivity contribution in [3.8, 4) is 11.3 Å². The zero-order chi connectivity index (χ0) is 15.3. The molecule has 0 aliphatic heterocycles. The SMILES string of the molecule is CCc1ccc(-c2csc(NS(=O)(=O)CCCCl)n2)cc1. The molecular weight excluding hydrogens is 328 g/mol. The van der Waals surface area contributed by atoms with E-state index in [0.29, 0.717) is 17.4 Å². The summed E-state index contributed by atoms with van der Waals surface area (Å²) in [5, 5.41) is 2.24. The summed E-state index contributed by atoms with van der Waals surface area (Å²) in [6.07, 6.45) is 1.41. The first-order valence-corrected chi connectivity index (χ1v) is 9.72. The van der Waals surface area contributed by atoms with Crippen molar-refractivity contribution in [2.45, 2.75) is 19.8 Å². The van der Waals surface area contributed by atoms with Gasteiger partial charge in [-0.2, -0.15) is 0 Å². The van der Waals surface area contributed by atoms with Crippen LogP contribution in [0.1, 0.15) is 18.9 Å². The minimum absolute atomic E-state index is 0.0105.